The molecule has 0 heterocycles. The second-order valence-electron chi connectivity index (χ2n) is 3.67. The van der Waals surface area contributed by atoms with Gasteiger partial charge in [0.05, 0.1) is 10.6 Å². The minimum Gasteiger partial charge on any atom is -0.325 e. The number of rotatable bonds is 5. The highest BCUT2D eigenvalue weighted by Crippen LogP contribution is 2.20. The molecule has 100 valence electrons. The van der Waals surface area contributed by atoms with Gasteiger partial charge in [0, 0.05) is 5.69 Å². The van der Waals surface area contributed by atoms with E-state index in [0.29, 0.717) is 17.0 Å². The van der Waals surface area contributed by atoms with Crippen molar-refractivity contribution >= 4 is 33.4 Å². The van der Waals surface area contributed by atoms with Gasteiger partial charge >= 0.3 is 0 Å². The Labute approximate surface area is 111 Å². The molecule has 18 heavy (non-hydrogen) atoms. The molecule has 0 saturated heterocycles. The maximum Gasteiger partial charge on any atom is 0.240 e. The predicted octanol–water partition coefficient (Wildman–Crippen LogP) is 1.20. The van der Waals surface area contributed by atoms with Crippen LogP contribution in [0.25, 0.3) is 0 Å². The number of nitrogens with one attached hydrogen (secondary N) is 2. The second-order valence-corrected chi connectivity index (χ2v) is 6.39. The molecule has 2 N–H and O–H groups in total. The van der Waals surface area contributed by atoms with Crippen LogP contribution >= 0.6 is 11.8 Å². The van der Waals surface area contributed by atoms with E-state index < -0.39 is 10.0 Å². The number of anilines is 1. The molecule has 0 atom stereocenters. The molecule has 5 nitrogen and oxygen atoms in total. The molecule has 0 bridgehead atoms. The number of benzene rings is 1. The number of hydrogen-bond acceptors (Lipinski definition) is 4. The summed E-state index contributed by atoms with van der Waals surface area (Å²) in [6.45, 7) is 1.71. The van der Waals surface area contributed by atoms with Gasteiger partial charge in [-0.05, 0) is 37.9 Å². The molecule has 0 aliphatic heterocycles. The maximum atomic E-state index is 11.8. The van der Waals surface area contributed by atoms with Gasteiger partial charge in [0.1, 0.15) is 0 Å². The maximum absolute atomic E-state index is 11.8. The van der Waals surface area contributed by atoms with Gasteiger partial charge in [0.25, 0.3) is 0 Å². The molecule has 1 aromatic carbocycles. The summed E-state index contributed by atoms with van der Waals surface area (Å²) in [4.78, 5) is 11.6. The molecule has 0 aliphatic rings. The van der Waals surface area contributed by atoms with Crippen molar-refractivity contribution in [2.75, 3.05) is 24.4 Å². The highest BCUT2D eigenvalue weighted by molar-refractivity contribution is 7.99. The smallest absolute Gasteiger partial charge is 0.240 e. The largest absolute Gasteiger partial charge is 0.325 e. The summed E-state index contributed by atoms with van der Waals surface area (Å²) >= 11 is 1.40. The Bertz CT molecular complexity index is 541. The van der Waals surface area contributed by atoms with E-state index in [9.17, 15) is 13.2 Å². The molecule has 1 rings (SSSR count). The van der Waals surface area contributed by atoms with Crippen molar-refractivity contribution < 1.29 is 13.2 Å². The number of amides is 1. The summed E-state index contributed by atoms with van der Waals surface area (Å²) in [6.07, 6.45) is 1.83. The van der Waals surface area contributed by atoms with E-state index in [1.807, 2.05) is 6.26 Å². The van der Waals surface area contributed by atoms with Crippen molar-refractivity contribution in [2.45, 2.75) is 11.8 Å². The monoisotopic (exact) mass is 288 g/mol. The van der Waals surface area contributed by atoms with Gasteiger partial charge < -0.3 is 5.32 Å². The van der Waals surface area contributed by atoms with Crippen LogP contribution < -0.4 is 10.0 Å². The average Bonchev–Trinajstić information content (AvgIpc) is 2.31. The van der Waals surface area contributed by atoms with E-state index >= 15 is 0 Å². The molecule has 1 aromatic rings. The first-order valence-electron chi connectivity index (χ1n) is 5.23. The highest BCUT2D eigenvalue weighted by atomic mass is 32.2. The van der Waals surface area contributed by atoms with Gasteiger partial charge in [-0.3, -0.25) is 4.79 Å². The molecule has 0 unspecified atom stereocenters. The summed E-state index contributed by atoms with van der Waals surface area (Å²) in [6, 6.07) is 4.81. The third kappa shape index (κ3) is 3.72. The minimum atomic E-state index is -3.51. The summed E-state index contributed by atoms with van der Waals surface area (Å²) in [5.41, 5.74) is 1.11. The van der Waals surface area contributed by atoms with Crippen LogP contribution in [0.4, 0.5) is 5.69 Å². The van der Waals surface area contributed by atoms with Crippen molar-refractivity contribution in [3.05, 3.63) is 23.8 Å². The predicted molar refractivity (Wildman–Crippen MR) is 74.4 cm³/mol. The van der Waals surface area contributed by atoms with Crippen LogP contribution in [-0.2, 0) is 14.8 Å². The van der Waals surface area contributed by atoms with Crippen LogP contribution in [0.15, 0.2) is 23.1 Å². The van der Waals surface area contributed by atoms with Crippen LogP contribution in [0.3, 0.4) is 0 Å². The standard InChI is InChI=1S/C11H16N2O3S2/c1-8-4-5-9(13-11(14)7-17-3)6-10(8)18(15,16)12-2/h4-6,12H,7H2,1-3H3,(H,13,14). The van der Waals surface area contributed by atoms with Crippen molar-refractivity contribution in [3.8, 4) is 0 Å². The van der Waals surface area contributed by atoms with Crippen molar-refractivity contribution in [3.63, 3.8) is 0 Å². The third-order valence-corrected chi connectivity index (χ3v) is 4.41. The van der Waals surface area contributed by atoms with Crippen LogP contribution in [0, 0.1) is 6.92 Å². The van der Waals surface area contributed by atoms with Gasteiger partial charge in [0.2, 0.25) is 15.9 Å². The SMILES string of the molecule is CNS(=O)(=O)c1cc(NC(=O)CSC)ccc1C. The van der Waals surface area contributed by atoms with E-state index in [4.69, 9.17) is 0 Å². The molecule has 0 aliphatic carbocycles. The van der Waals surface area contributed by atoms with E-state index in [-0.39, 0.29) is 10.8 Å². The van der Waals surface area contributed by atoms with E-state index in [1.54, 1.807) is 19.1 Å². The number of carbonyl (C=O) groups excluding carboxylic acids is 1. The minimum absolute atomic E-state index is 0.154. The Morgan fingerprint density at radius 2 is 2.06 bits per heavy atom. The first kappa shape index (κ1) is 15.0. The molecule has 0 radical (unpaired) electrons. The lowest BCUT2D eigenvalue weighted by atomic mass is 10.2. The van der Waals surface area contributed by atoms with Crippen molar-refractivity contribution in [2.24, 2.45) is 0 Å². The molecule has 0 saturated carbocycles. The Hall–Kier alpha value is -1.05. The number of sulfonamides is 1. The van der Waals surface area contributed by atoms with Crippen molar-refractivity contribution in [1.82, 2.24) is 4.72 Å². The molecular weight excluding hydrogens is 272 g/mol. The fourth-order valence-electron chi connectivity index (χ4n) is 1.41. The lowest BCUT2D eigenvalue weighted by molar-refractivity contribution is -0.113. The van der Waals surface area contributed by atoms with Gasteiger partial charge in [-0.1, -0.05) is 6.07 Å². The molecule has 0 fully saturated rings. The first-order chi connectivity index (χ1) is 8.40. The summed E-state index contributed by atoms with van der Waals surface area (Å²) in [5.74, 6) is 0.182. The fourth-order valence-corrected chi connectivity index (χ4v) is 2.73. The fraction of sp³-hybridized carbons (Fsp3) is 0.364. The first-order valence-corrected chi connectivity index (χ1v) is 8.11. The van der Waals surface area contributed by atoms with Crippen molar-refractivity contribution in [1.29, 1.82) is 0 Å². The van der Waals surface area contributed by atoms with E-state index in [2.05, 4.69) is 10.0 Å². The Morgan fingerprint density at radius 1 is 1.39 bits per heavy atom. The normalized spacial score (nSPS) is 11.3. The lowest BCUT2D eigenvalue weighted by Gasteiger charge is -2.10. The molecule has 0 aromatic heterocycles. The quantitative estimate of drug-likeness (QED) is 0.854. The Balaban J connectivity index is 3.05. The highest BCUT2D eigenvalue weighted by Gasteiger charge is 2.15. The van der Waals surface area contributed by atoms with Gasteiger partial charge in [-0.25, -0.2) is 13.1 Å². The number of carbonyl (C=O) groups is 1. The van der Waals surface area contributed by atoms with Crippen LogP contribution in [0.2, 0.25) is 0 Å². The Kier molecular flexibility index (Phi) is 5.18. The zero-order valence-electron chi connectivity index (χ0n) is 10.5. The average molecular weight is 288 g/mol. The van der Waals surface area contributed by atoms with Crippen LogP contribution in [0.1, 0.15) is 5.56 Å². The van der Waals surface area contributed by atoms with Gasteiger partial charge in [0.15, 0.2) is 0 Å². The lowest BCUT2D eigenvalue weighted by Crippen LogP contribution is -2.20. The van der Waals surface area contributed by atoms with Crippen LogP contribution in [-0.4, -0.2) is 33.4 Å². The topological polar surface area (TPSA) is 75.3 Å². The third-order valence-electron chi connectivity index (χ3n) is 2.31. The zero-order chi connectivity index (χ0) is 13.8. The molecule has 1 amide bonds. The number of thioether (sulfide) groups is 1. The number of aryl methyl sites for hydroxylation is 1. The van der Waals surface area contributed by atoms with E-state index in [1.165, 1.54) is 24.9 Å². The van der Waals surface area contributed by atoms with Crippen LogP contribution in [0.5, 0.6) is 0 Å². The summed E-state index contributed by atoms with van der Waals surface area (Å²) < 4.78 is 25.8. The molecule has 7 heteroatoms. The number of hydrogen-bond donors (Lipinski definition) is 2. The van der Waals surface area contributed by atoms with E-state index in [0.717, 1.165) is 0 Å². The molecular formula is C11H16N2O3S2. The van der Waals surface area contributed by atoms with Gasteiger partial charge in [-0.15, -0.1) is 0 Å². The molecule has 0 spiro atoms. The zero-order valence-corrected chi connectivity index (χ0v) is 12.1. The summed E-state index contributed by atoms with van der Waals surface area (Å²) in [7, 11) is -2.15. The van der Waals surface area contributed by atoms with Gasteiger partial charge in [-0.2, -0.15) is 11.8 Å². The second kappa shape index (κ2) is 6.21. The summed E-state index contributed by atoms with van der Waals surface area (Å²) in [5, 5.41) is 2.65. The Morgan fingerprint density at radius 3 is 2.61 bits per heavy atom.